The van der Waals surface area contributed by atoms with Crippen molar-refractivity contribution in [3.8, 4) is 11.3 Å². The second-order valence-corrected chi connectivity index (χ2v) is 7.79. The van der Waals surface area contributed by atoms with Gasteiger partial charge in [-0.2, -0.15) is 0 Å². The molecule has 1 fully saturated rings. The van der Waals surface area contributed by atoms with Gasteiger partial charge in [-0.05, 0) is 13.0 Å². The van der Waals surface area contributed by atoms with Crippen LogP contribution in [0.3, 0.4) is 0 Å². The van der Waals surface area contributed by atoms with E-state index < -0.39 is 0 Å². The Hall–Kier alpha value is -1.43. The van der Waals surface area contributed by atoms with Crippen LogP contribution in [0.4, 0.5) is 5.13 Å². The number of rotatable bonds is 6. The van der Waals surface area contributed by atoms with E-state index in [9.17, 15) is 0 Å². The summed E-state index contributed by atoms with van der Waals surface area (Å²) in [6, 6.07) is 10.9. The third-order valence-electron chi connectivity index (χ3n) is 4.81. The first-order valence-electron chi connectivity index (χ1n) is 8.81. The van der Waals surface area contributed by atoms with Gasteiger partial charge in [-0.15, -0.1) is 11.3 Å². The Morgan fingerprint density at radius 1 is 1.12 bits per heavy atom. The first-order valence-corrected chi connectivity index (χ1v) is 9.69. The van der Waals surface area contributed by atoms with Crippen LogP contribution in [0, 0.1) is 5.92 Å². The lowest BCUT2D eigenvalue weighted by atomic mass is 10.0. The summed E-state index contributed by atoms with van der Waals surface area (Å²) in [4.78, 5) is 9.79. The summed E-state index contributed by atoms with van der Waals surface area (Å²) < 4.78 is 0. The fraction of sp³-hybridized carbons (Fsp3) is 0.526. The van der Waals surface area contributed by atoms with Gasteiger partial charge in [-0.25, -0.2) is 4.98 Å². The average Bonchev–Trinajstić information content (AvgIpc) is 3.06. The summed E-state index contributed by atoms with van der Waals surface area (Å²) in [5.74, 6) is 0.634. The number of anilines is 1. The topological polar surface area (TPSA) is 31.4 Å². The van der Waals surface area contributed by atoms with Gasteiger partial charge in [0.1, 0.15) is 0 Å². The van der Waals surface area contributed by atoms with Crippen molar-refractivity contribution >= 4 is 16.5 Å². The van der Waals surface area contributed by atoms with Crippen molar-refractivity contribution in [2.45, 2.75) is 19.9 Å². The minimum absolute atomic E-state index is 0.558. The lowest BCUT2D eigenvalue weighted by molar-refractivity contribution is 0.0944. The molecular formula is C19H28N4S. The van der Waals surface area contributed by atoms with Crippen LogP contribution >= 0.6 is 11.3 Å². The second-order valence-electron chi connectivity index (χ2n) is 6.94. The van der Waals surface area contributed by atoms with E-state index in [-0.39, 0.29) is 0 Å². The SMILES string of the molecule is CC(C)C(CNc1nc(-c2ccccc2)cs1)N1CCN(C)CC1. The lowest BCUT2D eigenvalue weighted by Gasteiger charge is -2.39. The Morgan fingerprint density at radius 2 is 1.83 bits per heavy atom. The molecule has 0 spiro atoms. The molecule has 1 saturated heterocycles. The molecule has 4 nitrogen and oxygen atoms in total. The van der Waals surface area contributed by atoms with E-state index >= 15 is 0 Å². The summed E-state index contributed by atoms with van der Waals surface area (Å²) in [5.41, 5.74) is 2.24. The molecule has 1 unspecified atom stereocenters. The van der Waals surface area contributed by atoms with Crippen LogP contribution in [-0.4, -0.2) is 60.6 Å². The Bertz CT molecular complexity index is 617. The number of piperazine rings is 1. The zero-order valence-electron chi connectivity index (χ0n) is 14.9. The van der Waals surface area contributed by atoms with Gasteiger partial charge >= 0.3 is 0 Å². The van der Waals surface area contributed by atoms with E-state index in [1.165, 1.54) is 18.7 Å². The molecule has 2 heterocycles. The predicted molar refractivity (Wildman–Crippen MR) is 104 cm³/mol. The first-order chi connectivity index (χ1) is 11.6. The van der Waals surface area contributed by atoms with E-state index in [2.05, 4.69) is 65.7 Å². The molecule has 0 aliphatic carbocycles. The quantitative estimate of drug-likeness (QED) is 0.869. The van der Waals surface area contributed by atoms with Crippen LogP contribution in [-0.2, 0) is 0 Å². The van der Waals surface area contributed by atoms with Gasteiger partial charge < -0.3 is 10.2 Å². The van der Waals surface area contributed by atoms with Crippen LogP contribution in [0.2, 0.25) is 0 Å². The fourth-order valence-electron chi connectivity index (χ4n) is 3.23. The number of nitrogens with zero attached hydrogens (tertiary/aromatic N) is 3. The number of likely N-dealkylation sites (N-methyl/N-ethyl adjacent to an activating group) is 1. The molecule has 1 aromatic heterocycles. The fourth-order valence-corrected chi connectivity index (χ4v) is 3.96. The second kappa shape index (κ2) is 8.10. The molecule has 1 N–H and O–H groups in total. The molecule has 130 valence electrons. The van der Waals surface area contributed by atoms with E-state index in [0.717, 1.165) is 30.5 Å². The first kappa shape index (κ1) is 17.4. The monoisotopic (exact) mass is 344 g/mol. The number of aromatic nitrogens is 1. The Labute approximate surface area is 149 Å². The van der Waals surface area contributed by atoms with Gasteiger partial charge in [-0.1, -0.05) is 44.2 Å². The normalized spacial score (nSPS) is 18.0. The van der Waals surface area contributed by atoms with E-state index in [0.29, 0.717) is 12.0 Å². The van der Waals surface area contributed by atoms with E-state index in [1.54, 1.807) is 11.3 Å². The molecule has 3 rings (SSSR count). The van der Waals surface area contributed by atoms with Gasteiger partial charge in [0.25, 0.3) is 0 Å². The van der Waals surface area contributed by atoms with E-state index in [4.69, 9.17) is 4.98 Å². The number of thiazole rings is 1. The molecule has 1 aliphatic rings. The van der Waals surface area contributed by atoms with Crippen molar-refractivity contribution in [2.24, 2.45) is 5.92 Å². The zero-order valence-corrected chi connectivity index (χ0v) is 15.7. The average molecular weight is 345 g/mol. The highest BCUT2D eigenvalue weighted by atomic mass is 32.1. The molecule has 24 heavy (non-hydrogen) atoms. The summed E-state index contributed by atoms with van der Waals surface area (Å²) >= 11 is 1.70. The zero-order chi connectivity index (χ0) is 16.9. The Kier molecular flexibility index (Phi) is 5.87. The molecule has 0 saturated carbocycles. The van der Waals surface area contributed by atoms with Crippen molar-refractivity contribution in [1.82, 2.24) is 14.8 Å². The summed E-state index contributed by atoms with van der Waals surface area (Å²) in [5, 5.41) is 6.74. The van der Waals surface area contributed by atoms with Crippen molar-refractivity contribution in [1.29, 1.82) is 0 Å². The molecule has 0 radical (unpaired) electrons. The molecular weight excluding hydrogens is 316 g/mol. The number of nitrogens with one attached hydrogen (secondary N) is 1. The van der Waals surface area contributed by atoms with Crippen LogP contribution in [0.5, 0.6) is 0 Å². The number of benzene rings is 1. The van der Waals surface area contributed by atoms with Crippen molar-refractivity contribution in [3.63, 3.8) is 0 Å². The summed E-state index contributed by atoms with van der Waals surface area (Å²) in [6.45, 7) is 10.3. The standard InChI is InChI=1S/C19H28N4S/c1-15(2)18(23-11-9-22(3)10-12-23)13-20-19-21-17(14-24-19)16-7-5-4-6-8-16/h4-8,14-15,18H,9-13H2,1-3H3,(H,20,21). The molecule has 5 heteroatoms. The number of hydrogen-bond donors (Lipinski definition) is 1. The van der Waals surface area contributed by atoms with Crippen LogP contribution in [0.15, 0.2) is 35.7 Å². The van der Waals surface area contributed by atoms with Crippen LogP contribution < -0.4 is 5.32 Å². The van der Waals surface area contributed by atoms with E-state index in [1.807, 2.05) is 6.07 Å². The van der Waals surface area contributed by atoms with Crippen molar-refractivity contribution in [3.05, 3.63) is 35.7 Å². The summed E-state index contributed by atoms with van der Waals surface area (Å²) in [6.07, 6.45) is 0. The van der Waals surface area contributed by atoms with Crippen molar-refractivity contribution < 1.29 is 0 Å². The molecule has 1 aliphatic heterocycles. The number of hydrogen-bond acceptors (Lipinski definition) is 5. The maximum Gasteiger partial charge on any atom is 0.183 e. The molecule has 0 bridgehead atoms. The highest BCUT2D eigenvalue weighted by Gasteiger charge is 2.25. The predicted octanol–water partition coefficient (Wildman–Crippen LogP) is 3.49. The smallest absolute Gasteiger partial charge is 0.183 e. The maximum atomic E-state index is 4.75. The Morgan fingerprint density at radius 3 is 2.50 bits per heavy atom. The molecule has 1 atom stereocenters. The molecule has 2 aromatic rings. The largest absolute Gasteiger partial charge is 0.360 e. The minimum atomic E-state index is 0.558. The van der Waals surface area contributed by atoms with Gasteiger partial charge in [0.2, 0.25) is 0 Å². The van der Waals surface area contributed by atoms with Gasteiger partial charge in [-0.3, -0.25) is 4.90 Å². The highest BCUT2D eigenvalue weighted by molar-refractivity contribution is 7.14. The van der Waals surface area contributed by atoms with Crippen molar-refractivity contribution in [2.75, 3.05) is 45.1 Å². The van der Waals surface area contributed by atoms with Gasteiger partial charge in [0.05, 0.1) is 5.69 Å². The van der Waals surface area contributed by atoms with Crippen LogP contribution in [0.25, 0.3) is 11.3 Å². The Balaban J connectivity index is 1.60. The van der Waals surface area contributed by atoms with Crippen LogP contribution in [0.1, 0.15) is 13.8 Å². The van der Waals surface area contributed by atoms with Gasteiger partial charge in [0.15, 0.2) is 5.13 Å². The third kappa shape index (κ3) is 4.35. The maximum absolute atomic E-state index is 4.75. The minimum Gasteiger partial charge on any atom is -0.360 e. The summed E-state index contributed by atoms with van der Waals surface area (Å²) in [7, 11) is 2.21. The molecule has 0 amide bonds. The lowest BCUT2D eigenvalue weighted by Crippen LogP contribution is -2.52. The third-order valence-corrected chi connectivity index (χ3v) is 5.61. The van der Waals surface area contributed by atoms with Gasteiger partial charge in [0, 0.05) is 49.7 Å². The highest BCUT2D eigenvalue weighted by Crippen LogP contribution is 2.25. The molecule has 1 aromatic carbocycles.